The SMILES string of the molecule is CC(=O)Nc1ccc(SC(C)C(=O)NCCc2ccsc2)cc1. The number of rotatable bonds is 7. The molecule has 0 radical (unpaired) electrons. The van der Waals surface area contributed by atoms with Crippen molar-refractivity contribution >= 4 is 40.6 Å². The zero-order chi connectivity index (χ0) is 16.7. The standard InChI is InChI=1S/C17H20N2O2S2/c1-12(17(21)18-9-7-14-8-10-22-11-14)23-16-5-3-15(4-6-16)19-13(2)20/h3-6,8,10-12H,7,9H2,1-2H3,(H,18,21)(H,19,20). The summed E-state index contributed by atoms with van der Waals surface area (Å²) in [6.07, 6.45) is 0.859. The summed E-state index contributed by atoms with van der Waals surface area (Å²) >= 11 is 3.17. The van der Waals surface area contributed by atoms with Gasteiger partial charge in [0.1, 0.15) is 0 Å². The summed E-state index contributed by atoms with van der Waals surface area (Å²) in [5.74, 6) is -0.0556. The van der Waals surface area contributed by atoms with E-state index < -0.39 is 0 Å². The fourth-order valence-corrected chi connectivity index (χ4v) is 3.58. The van der Waals surface area contributed by atoms with Gasteiger partial charge in [-0.1, -0.05) is 0 Å². The molecule has 0 saturated heterocycles. The molecular formula is C17H20N2O2S2. The molecule has 0 fully saturated rings. The van der Waals surface area contributed by atoms with Gasteiger partial charge < -0.3 is 10.6 Å². The Bertz CT molecular complexity index is 639. The van der Waals surface area contributed by atoms with E-state index in [1.54, 1.807) is 11.3 Å². The van der Waals surface area contributed by atoms with E-state index in [1.165, 1.54) is 24.2 Å². The van der Waals surface area contributed by atoms with Crippen LogP contribution in [-0.4, -0.2) is 23.6 Å². The zero-order valence-corrected chi connectivity index (χ0v) is 14.8. The second-order valence-corrected chi connectivity index (χ2v) is 7.33. The van der Waals surface area contributed by atoms with Crippen LogP contribution in [0.2, 0.25) is 0 Å². The Labute approximate surface area is 144 Å². The lowest BCUT2D eigenvalue weighted by atomic mass is 10.2. The molecule has 0 spiro atoms. The maximum Gasteiger partial charge on any atom is 0.233 e. The lowest BCUT2D eigenvalue weighted by Gasteiger charge is -2.12. The normalized spacial score (nSPS) is 11.7. The fourth-order valence-electron chi connectivity index (χ4n) is 1.99. The van der Waals surface area contributed by atoms with Gasteiger partial charge in [0, 0.05) is 24.1 Å². The number of carbonyl (C=O) groups excluding carboxylic acids is 2. The first-order valence-corrected chi connectivity index (χ1v) is 9.20. The molecule has 0 aliphatic carbocycles. The van der Waals surface area contributed by atoms with Crippen molar-refractivity contribution in [1.82, 2.24) is 5.32 Å². The Hall–Kier alpha value is -1.79. The average molecular weight is 348 g/mol. The highest BCUT2D eigenvalue weighted by Crippen LogP contribution is 2.24. The molecule has 2 N–H and O–H groups in total. The smallest absolute Gasteiger partial charge is 0.233 e. The molecule has 2 rings (SSSR count). The van der Waals surface area contributed by atoms with Gasteiger partial charge in [0.05, 0.1) is 5.25 Å². The Morgan fingerprint density at radius 1 is 1.22 bits per heavy atom. The van der Waals surface area contributed by atoms with Crippen molar-refractivity contribution in [3.8, 4) is 0 Å². The van der Waals surface area contributed by atoms with Crippen LogP contribution < -0.4 is 10.6 Å². The second-order valence-electron chi connectivity index (χ2n) is 5.14. The predicted molar refractivity (Wildman–Crippen MR) is 97.1 cm³/mol. The van der Waals surface area contributed by atoms with Crippen LogP contribution in [-0.2, 0) is 16.0 Å². The molecule has 1 aromatic carbocycles. The quantitative estimate of drug-likeness (QED) is 0.753. The van der Waals surface area contributed by atoms with Crippen LogP contribution in [0.15, 0.2) is 46.0 Å². The molecule has 0 saturated carbocycles. The van der Waals surface area contributed by atoms with Crippen LogP contribution in [0.1, 0.15) is 19.4 Å². The number of nitrogens with one attached hydrogen (secondary N) is 2. The summed E-state index contributed by atoms with van der Waals surface area (Å²) in [7, 11) is 0. The van der Waals surface area contributed by atoms with Crippen LogP contribution in [0.25, 0.3) is 0 Å². The summed E-state index contributed by atoms with van der Waals surface area (Å²) in [5.41, 5.74) is 2.01. The number of hydrogen-bond donors (Lipinski definition) is 2. The first kappa shape index (κ1) is 17.6. The second kappa shape index (κ2) is 8.74. The fraction of sp³-hybridized carbons (Fsp3) is 0.294. The number of amides is 2. The monoisotopic (exact) mass is 348 g/mol. The molecular weight excluding hydrogens is 328 g/mol. The predicted octanol–water partition coefficient (Wildman–Crippen LogP) is 3.55. The number of carbonyl (C=O) groups is 2. The number of thiophene rings is 1. The summed E-state index contributed by atoms with van der Waals surface area (Å²) in [6, 6.07) is 9.57. The molecule has 0 bridgehead atoms. The lowest BCUT2D eigenvalue weighted by molar-refractivity contribution is -0.120. The highest BCUT2D eigenvalue weighted by molar-refractivity contribution is 8.00. The van der Waals surface area contributed by atoms with Crippen molar-refractivity contribution in [2.75, 3.05) is 11.9 Å². The molecule has 0 aliphatic rings. The van der Waals surface area contributed by atoms with Gasteiger partial charge in [-0.3, -0.25) is 9.59 Å². The lowest BCUT2D eigenvalue weighted by Crippen LogP contribution is -2.32. The molecule has 2 aromatic rings. The Kier molecular flexibility index (Phi) is 6.67. The van der Waals surface area contributed by atoms with Crippen molar-refractivity contribution < 1.29 is 9.59 Å². The Morgan fingerprint density at radius 3 is 2.57 bits per heavy atom. The van der Waals surface area contributed by atoms with Crippen LogP contribution >= 0.6 is 23.1 Å². The zero-order valence-electron chi connectivity index (χ0n) is 13.2. The van der Waals surface area contributed by atoms with E-state index in [0.717, 1.165) is 17.0 Å². The molecule has 1 unspecified atom stereocenters. The van der Waals surface area contributed by atoms with E-state index in [1.807, 2.05) is 36.6 Å². The van der Waals surface area contributed by atoms with E-state index in [-0.39, 0.29) is 17.1 Å². The molecule has 1 aromatic heterocycles. The van der Waals surface area contributed by atoms with Crippen molar-refractivity contribution in [2.24, 2.45) is 0 Å². The first-order valence-electron chi connectivity index (χ1n) is 7.37. The molecule has 122 valence electrons. The maximum absolute atomic E-state index is 12.1. The van der Waals surface area contributed by atoms with Gasteiger partial charge in [0.25, 0.3) is 0 Å². The molecule has 0 aliphatic heterocycles. The Morgan fingerprint density at radius 2 is 1.96 bits per heavy atom. The van der Waals surface area contributed by atoms with E-state index in [0.29, 0.717) is 6.54 Å². The third-order valence-electron chi connectivity index (χ3n) is 3.15. The largest absolute Gasteiger partial charge is 0.355 e. The van der Waals surface area contributed by atoms with Crippen molar-refractivity contribution in [1.29, 1.82) is 0 Å². The first-order chi connectivity index (χ1) is 11.0. The molecule has 23 heavy (non-hydrogen) atoms. The number of thioether (sulfide) groups is 1. The van der Waals surface area contributed by atoms with Gasteiger partial charge >= 0.3 is 0 Å². The minimum Gasteiger partial charge on any atom is -0.355 e. The van der Waals surface area contributed by atoms with Crippen molar-refractivity contribution in [2.45, 2.75) is 30.4 Å². The van der Waals surface area contributed by atoms with E-state index in [2.05, 4.69) is 22.1 Å². The van der Waals surface area contributed by atoms with Gasteiger partial charge in [-0.15, -0.1) is 11.8 Å². The summed E-state index contributed by atoms with van der Waals surface area (Å²) < 4.78 is 0. The highest BCUT2D eigenvalue weighted by atomic mass is 32.2. The minimum absolute atomic E-state index is 0.0381. The summed E-state index contributed by atoms with van der Waals surface area (Å²) in [6.45, 7) is 4.03. The van der Waals surface area contributed by atoms with Crippen LogP contribution in [0, 0.1) is 0 Å². The van der Waals surface area contributed by atoms with E-state index >= 15 is 0 Å². The highest BCUT2D eigenvalue weighted by Gasteiger charge is 2.13. The van der Waals surface area contributed by atoms with Crippen molar-refractivity contribution in [3.63, 3.8) is 0 Å². The molecule has 6 heteroatoms. The number of benzene rings is 1. The Balaban J connectivity index is 1.77. The average Bonchev–Trinajstić information content (AvgIpc) is 3.02. The summed E-state index contributed by atoms with van der Waals surface area (Å²) in [5, 5.41) is 9.67. The van der Waals surface area contributed by atoms with E-state index in [4.69, 9.17) is 0 Å². The third-order valence-corrected chi connectivity index (χ3v) is 4.99. The molecule has 2 amide bonds. The topological polar surface area (TPSA) is 58.2 Å². The minimum atomic E-state index is -0.163. The van der Waals surface area contributed by atoms with Gasteiger partial charge in [-0.05, 0) is 60.0 Å². The van der Waals surface area contributed by atoms with Gasteiger partial charge in [-0.2, -0.15) is 11.3 Å². The van der Waals surface area contributed by atoms with Gasteiger partial charge in [0.2, 0.25) is 11.8 Å². The van der Waals surface area contributed by atoms with Crippen molar-refractivity contribution in [3.05, 3.63) is 46.7 Å². The molecule has 4 nitrogen and oxygen atoms in total. The van der Waals surface area contributed by atoms with Crippen LogP contribution in [0.5, 0.6) is 0 Å². The van der Waals surface area contributed by atoms with Crippen LogP contribution in [0.4, 0.5) is 5.69 Å². The van der Waals surface area contributed by atoms with Gasteiger partial charge in [0.15, 0.2) is 0 Å². The maximum atomic E-state index is 12.1. The van der Waals surface area contributed by atoms with E-state index in [9.17, 15) is 9.59 Å². The number of anilines is 1. The molecule has 1 heterocycles. The third kappa shape index (κ3) is 6.08. The van der Waals surface area contributed by atoms with Gasteiger partial charge in [-0.25, -0.2) is 0 Å². The summed E-state index contributed by atoms with van der Waals surface area (Å²) in [4.78, 5) is 24.1. The molecule has 1 atom stereocenters. The number of hydrogen-bond acceptors (Lipinski definition) is 4. The van der Waals surface area contributed by atoms with Crippen LogP contribution in [0.3, 0.4) is 0 Å².